The van der Waals surface area contributed by atoms with Gasteiger partial charge in [0.15, 0.2) is 0 Å². The van der Waals surface area contributed by atoms with E-state index >= 15 is 0 Å². The molecule has 0 spiro atoms. The molecule has 0 heterocycles. The van der Waals surface area contributed by atoms with Crippen molar-refractivity contribution in [3.63, 3.8) is 0 Å². The van der Waals surface area contributed by atoms with Gasteiger partial charge >= 0.3 is 18.0 Å². The molecule has 0 saturated carbocycles. The van der Waals surface area contributed by atoms with Gasteiger partial charge in [-0.15, -0.1) is 0 Å². The SMILES string of the molecule is COC(=O)CC[C@@H](C(=O)O)N(C)C(=O)OC(C)(C)C. The van der Waals surface area contributed by atoms with Gasteiger partial charge in [-0.05, 0) is 27.2 Å². The lowest BCUT2D eigenvalue weighted by atomic mass is 10.1. The Morgan fingerprint density at radius 2 is 1.79 bits per heavy atom. The number of amides is 1. The highest BCUT2D eigenvalue weighted by atomic mass is 16.6. The molecule has 1 atom stereocenters. The number of methoxy groups -OCH3 is 1. The Morgan fingerprint density at radius 3 is 2.16 bits per heavy atom. The molecule has 0 aromatic carbocycles. The number of hydrogen-bond donors (Lipinski definition) is 1. The van der Waals surface area contributed by atoms with Crippen molar-refractivity contribution in [3.05, 3.63) is 0 Å². The lowest BCUT2D eigenvalue weighted by Gasteiger charge is -2.28. The van der Waals surface area contributed by atoms with Gasteiger partial charge in [0.25, 0.3) is 0 Å². The Bertz CT molecular complexity index is 347. The van der Waals surface area contributed by atoms with E-state index in [1.807, 2.05) is 0 Å². The summed E-state index contributed by atoms with van der Waals surface area (Å²) in [7, 11) is 2.54. The number of rotatable bonds is 5. The minimum Gasteiger partial charge on any atom is -0.480 e. The predicted octanol–water partition coefficient (Wildman–Crippen LogP) is 1.26. The first kappa shape index (κ1) is 17.2. The average Bonchev–Trinajstić information content (AvgIpc) is 2.25. The minimum atomic E-state index is -1.20. The van der Waals surface area contributed by atoms with Gasteiger partial charge in [0, 0.05) is 13.5 Å². The Kier molecular flexibility index (Phi) is 6.31. The fourth-order valence-electron chi connectivity index (χ4n) is 1.30. The molecule has 0 bridgehead atoms. The largest absolute Gasteiger partial charge is 0.480 e. The highest BCUT2D eigenvalue weighted by Crippen LogP contribution is 2.13. The van der Waals surface area contributed by atoms with Crippen molar-refractivity contribution in [1.29, 1.82) is 0 Å². The van der Waals surface area contributed by atoms with E-state index in [2.05, 4.69) is 4.74 Å². The standard InChI is InChI=1S/C12H21NO6/c1-12(2,3)19-11(17)13(4)8(10(15)16)6-7-9(14)18-5/h8H,6-7H2,1-5H3,(H,15,16)/t8-/m0/s1. The molecule has 1 N–H and O–H groups in total. The monoisotopic (exact) mass is 275 g/mol. The molecule has 110 valence electrons. The van der Waals surface area contributed by atoms with E-state index in [0.29, 0.717) is 0 Å². The second kappa shape index (κ2) is 6.96. The van der Waals surface area contributed by atoms with E-state index in [-0.39, 0.29) is 12.8 Å². The van der Waals surface area contributed by atoms with Crippen LogP contribution in [-0.2, 0) is 19.1 Å². The highest BCUT2D eigenvalue weighted by molar-refractivity contribution is 5.80. The summed E-state index contributed by atoms with van der Waals surface area (Å²) >= 11 is 0. The third-order valence-electron chi connectivity index (χ3n) is 2.28. The van der Waals surface area contributed by atoms with Crippen LogP contribution in [-0.4, -0.2) is 53.8 Å². The molecule has 0 fully saturated rings. The molecule has 19 heavy (non-hydrogen) atoms. The van der Waals surface area contributed by atoms with E-state index in [9.17, 15) is 14.4 Å². The fraction of sp³-hybridized carbons (Fsp3) is 0.750. The van der Waals surface area contributed by atoms with Gasteiger partial charge < -0.3 is 14.6 Å². The lowest BCUT2D eigenvalue weighted by Crippen LogP contribution is -2.45. The third-order valence-corrected chi connectivity index (χ3v) is 2.28. The second-order valence-electron chi connectivity index (χ2n) is 5.06. The summed E-state index contributed by atoms with van der Waals surface area (Å²) in [5.74, 6) is -1.72. The molecule has 7 heteroatoms. The van der Waals surface area contributed by atoms with Gasteiger partial charge in [-0.2, -0.15) is 0 Å². The van der Waals surface area contributed by atoms with Crippen molar-refractivity contribution < 1.29 is 29.0 Å². The molecule has 0 unspecified atom stereocenters. The van der Waals surface area contributed by atoms with Crippen LogP contribution in [0.15, 0.2) is 0 Å². The number of ether oxygens (including phenoxy) is 2. The summed E-state index contributed by atoms with van der Waals surface area (Å²) in [6.07, 6.45) is -0.858. The van der Waals surface area contributed by atoms with E-state index in [4.69, 9.17) is 9.84 Å². The number of carbonyl (C=O) groups excluding carboxylic acids is 2. The summed E-state index contributed by atoms with van der Waals surface area (Å²) in [6, 6.07) is -1.13. The van der Waals surface area contributed by atoms with Crippen molar-refractivity contribution in [2.24, 2.45) is 0 Å². The molecular formula is C12H21NO6. The number of nitrogens with zero attached hydrogens (tertiary/aromatic N) is 1. The quantitative estimate of drug-likeness (QED) is 0.759. The molecule has 7 nitrogen and oxygen atoms in total. The first-order chi connectivity index (χ1) is 8.58. The second-order valence-corrected chi connectivity index (χ2v) is 5.06. The average molecular weight is 275 g/mol. The summed E-state index contributed by atoms with van der Waals surface area (Å²) in [5, 5.41) is 9.07. The minimum absolute atomic E-state index is 0.0300. The molecule has 0 radical (unpaired) electrons. The fourth-order valence-corrected chi connectivity index (χ4v) is 1.30. The zero-order chi connectivity index (χ0) is 15.2. The van der Waals surface area contributed by atoms with Gasteiger partial charge in [-0.3, -0.25) is 9.69 Å². The predicted molar refractivity (Wildman–Crippen MR) is 66.7 cm³/mol. The van der Waals surface area contributed by atoms with Crippen LogP contribution in [0.25, 0.3) is 0 Å². The van der Waals surface area contributed by atoms with Crippen molar-refractivity contribution in [2.45, 2.75) is 45.3 Å². The third kappa shape index (κ3) is 6.64. The maximum absolute atomic E-state index is 11.7. The maximum Gasteiger partial charge on any atom is 0.410 e. The van der Waals surface area contributed by atoms with E-state index in [0.717, 1.165) is 4.90 Å². The molecule has 1 amide bonds. The first-order valence-electron chi connectivity index (χ1n) is 5.84. The summed E-state index contributed by atoms with van der Waals surface area (Å²) in [6.45, 7) is 5.05. The first-order valence-corrected chi connectivity index (χ1v) is 5.84. The Hall–Kier alpha value is -1.79. The van der Waals surface area contributed by atoms with Crippen LogP contribution >= 0.6 is 0 Å². The van der Waals surface area contributed by atoms with Crippen molar-refractivity contribution >= 4 is 18.0 Å². The van der Waals surface area contributed by atoms with E-state index in [1.54, 1.807) is 20.8 Å². The molecule has 0 aromatic rings. The Balaban J connectivity index is 4.66. The number of hydrogen-bond acceptors (Lipinski definition) is 5. The molecule has 0 aliphatic carbocycles. The van der Waals surface area contributed by atoms with Gasteiger partial charge in [0.2, 0.25) is 0 Å². The molecular weight excluding hydrogens is 254 g/mol. The molecule has 0 aliphatic rings. The van der Waals surface area contributed by atoms with Crippen LogP contribution in [0.5, 0.6) is 0 Å². The molecule has 0 aromatic heterocycles. The Labute approximate surface area is 112 Å². The smallest absolute Gasteiger partial charge is 0.410 e. The highest BCUT2D eigenvalue weighted by Gasteiger charge is 2.30. The number of carboxylic acid groups (broad SMARTS) is 1. The zero-order valence-electron chi connectivity index (χ0n) is 11.9. The number of carboxylic acids is 1. The van der Waals surface area contributed by atoms with Crippen LogP contribution in [0.1, 0.15) is 33.6 Å². The molecule has 0 rings (SSSR count). The summed E-state index contributed by atoms with van der Waals surface area (Å²) in [4.78, 5) is 34.8. The normalized spacial score (nSPS) is 12.5. The van der Waals surface area contributed by atoms with Crippen molar-refractivity contribution in [2.75, 3.05) is 14.2 Å². The van der Waals surface area contributed by atoms with Gasteiger partial charge in [0.1, 0.15) is 11.6 Å². The van der Waals surface area contributed by atoms with E-state index < -0.39 is 29.7 Å². The topological polar surface area (TPSA) is 93.1 Å². The van der Waals surface area contributed by atoms with Gasteiger partial charge in [-0.25, -0.2) is 9.59 Å². The Morgan fingerprint density at radius 1 is 1.26 bits per heavy atom. The van der Waals surface area contributed by atoms with Crippen molar-refractivity contribution in [1.82, 2.24) is 4.90 Å². The van der Waals surface area contributed by atoms with Crippen LogP contribution < -0.4 is 0 Å². The molecule has 0 saturated heterocycles. The number of likely N-dealkylation sites (N-methyl/N-ethyl adjacent to an activating group) is 1. The molecule has 0 aliphatic heterocycles. The zero-order valence-corrected chi connectivity index (χ0v) is 11.9. The van der Waals surface area contributed by atoms with E-state index in [1.165, 1.54) is 14.2 Å². The number of esters is 1. The van der Waals surface area contributed by atoms with Crippen LogP contribution in [0, 0.1) is 0 Å². The van der Waals surface area contributed by atoms with Crippen molar-refractivity contribution in [3.8, 4) is 0 Å². The van der Waals surface area contributed by atoms with Crippen LogP contribution in [0.3, 0.4) is 0 Å². The van der Waals surface area contributed by atoms with Gasteiger partial charge in [0.05, 0.1) is 7.11 Å². The van der Waals surface area contributed by atoms with Crippen LogP contribution in [0.2, 0.25) is 0 Å². The number of aliphatic carboxylic acids is 1. The maximum atomic E-state index is 11.7. The summed E-state index contributed by atoms with van der Waals surface area (Å²) < 4.78 is 9.51. The van der Waals surface area contributed by atoms with Gasteiger partial charge in [-0.1, -0.05) is 0 Å². The van der Waals surface area contributed by atoms with Crippen LogP contribution in [0.4, 0.5) is 4.79 Å². The lowest BCUT2D eigenvalue weighted by molar-refractivity contribution is -0.144. The summed E-state index contributed by atoms with van der Waals surface area (Å²) in [5.41, 5.74) is -0.712. The number of carbonyl (C=O) groups is 3.